The molecule has 0 heteroatoms. The average molecular weight is 397 g/mol. The lowest BCUT2D eigenvalue weighted by Gasteiger charge is -2.15. The third kappa shape index (κ3) is 3.85. The van der Waals surface area contributed by atoms with Crippen molar-refractivity contribution in [2.75, 3.05) is 0 Å². The first kappa shape index (κ1) is 20.9. The van der Waals surface area contributed by atoms with Gasteiger partial charge in [0, 0.05) is 0 Å². The van der Waals surface area contributed by atoms with Crippen LogP contribution in [0.4, 0.5) is 0 Å². The standard InChI is InChI=1S/C30H36/c1-5-9-21-13-14-22(10-6-2)28-18-26-20-30-24(12-8-4)16-15-23(11-7-3)29(30)19-25(26)17-27(21)28/h13-20H,5-12H2,1-4H3. The molecule has 0 bridgehead atoms. The quantitative estimate of drug-likeness (QED) is 0.261. The van der Waals surface area contributed by atoms with Crippen LogP contribution >= 0.6 is 0 Å². The van der Waals surface area contributed by atoms with Crippen molar-refractivity contribution in [2.24, 2.45) is 0 Å². The van der Waals surface area contributed by atoms with Gasteiger partial charge in [-0.3, -0.25) is 0 Å². The van der Waals surface area contributed by atoms with Crippen molar-refractivity contribution in [1.29, 1.82) is 0 Å². The Labute approximate surface area is 182 Å². The van der Waals surface area contributed by atoms with Crippen molar-refractivity contribution in [3.8, 4) is 0 Å². The van der Waals surface area contributed by atoms with Crippen molar-refractivity contribution in [3.63, 3.8) is 0 Å². The lowest BCUT2D eigenvalue weighted by Crippen LogP contribution is -1.94. The fraction of sp³-hybridized carbons (Fsp3) is 0.400. The topological polar surface area (TPSA) is 0 Å². The smallest absolute Gasteiger partial charge is 0.0143 e. The van der Waals surface area contributed by atoms with E-state index in [2.05, 4.69) is 76.2 Å². The summed E-state index contributed by atoms with van der Waals surface area (Å²) in [5.41, 5.74) is 6.01. The minimum Gasteiger partial charge on any atom is -0.0651 e. The summed E-state index contributed by atoms with van der Waals surface area (Å²) in [5.74, 6) is 0. The fourth-order valence-corrected chi connectivity index (χ4v) is 5.12. The van der Waals surface area contributed by atoms with Crippen LogP contribution in [-0.2, 0) is 25.7 Å². The second kappa shape index (κ2) is 9.21. The maximum absolute atomic E-state index is 2.48. The summed E-state index contributed by atoms with van der Waals surface area (Å²) in [4.78, 5) is 0. The summed E-state index contributed by atoms with van der Waals surface area (Å²) in [5, 5.41) is 8.67. The van der Waals surface area contributed by atoms with Crippen LogP contribution in [0.1, 0.15) is 75.6 Å². The Balaban J connectivity index is 2.05. The highest BCUT2D eigenvalue weighted by molar-refractivity contribution is 6.07. The highest BCUT2D eigenvalue weighted by Gasteiger charge is 2.11. The maximum atomic E-state index is 2.48. The van der Waals surface area contributed by atoms with Gasteiger partial charge in [-0.2, -0.15) is 0 Å². The lowest BCUT2D eigenvalue weighted by atomic mass is 9.89. The van der Waals surface area contributed by atoms with E-state index in [1.54, 1.807) is 0 Å². The maximum Gasteiger partial charge on any atom is -0.0143 e. The second-order valence-electron chi connectivity index (χ2n) is 8.91. The first-order valence-electron chi connectivity index (χ1n) is 12.1. The molecule has 0 fully saturated rings. The number of fused-ring (bicyclic) bond motifs is 3. The van der Waals surface area contributed by atoms with Crippen molar-refractivity contribution in [2.45, 2.75) is 79.1 Å². The van der Waals surface area contributed by atoms with Gasteiger partial charge in [0.2, 0.25) is 0 Å². The molecular weight excluding hydrogens is 360 g/mol. The Morgan fingerprint density at radius 3 is 0.833 bits per heavy atom. The first-order chi connectivity index (χ1) is 14.7. The first-order valence-corrected chi connectivity index (χ1v) is 12.1. The summed E-state index contributed by atoms with van der Waals surface area (Å²) < 4.78 is 0. The van der Waals surface area contributed by atoms with E-state index in [1.165, 1.54) is 80.3 Å². The van der Waals surface area contributed by atoms with Gasteiger partial charge in [0.25, 0.3) is 0 Å². The molecule has 0 saturated heterocycles. The largest absolute Gasteiger partial charge is 0.0651 e. The molecule has 4 aromatic rings. The van der Waals surface area contributed by atoms with Crippen LogP contribution < -0.4 is 0 Å². The molecule has 0 spiro atoms. The highest BCUT2D eigenvalue weighted by Crippen LogP contribution is 2.34. The van der Waals surface area contributed by atoms with Gasteiger partial charge in [-0.05, 0) is 105 Å². The Hall–Kier alpha value is -2.34. The van der Waals surface area contributed by atoms with Crippen LogP contribution in [0.15, 0.2) is 48.5 Å². The molecule has 0 nitrogen and oxygen atoms in total. The summed E-state index contributed by atoms with van der Waals surface area (Å²) in [6.45, 7) is 9.14. The predicted molar refractivity (Wildman–Crippen MR) is 135 cm³/mol. The molecule has 4 rings (SSSR count). The van der Waals surface area contributed by atoms with E-state index >= 15 is 0 Å². The van der Waals surface area contributed by atoms with E-state index in [1.807, 2.05) is 0 Å². The number of aryl methyl sites for hydroxylation is 4. The van der Waals surface area contributed by atoms with E-state index < -0.39 is 0 Å². The summed E-state index contributed by atoms with van der Waals surface area (Å²) in [6.07, 6.45) is 9.40. The Kier molecular flexibility index (Phi) is 6.42. The minimum absolute atomic E-state index is 1.16. The summed E-state index contributed by atoms with van der Waals surface area (Å²) in [6, 6.07) is 19.5. The van der Waals surface area contributed by atoms with E-state index in [4.69, 9.17) is 0 Å². The van der Waals surface area contributed by atoms with Crippen molar-refractivity contribution in [1.82, 2.24) is 0 Å². The van der Waals surface area contributed by atoms with Gasteiger partial charge in [-0.25, -0.2) is 0 Å². The fourth-order valence-electron chi connectivity index (χ4n) is 5.12. The third-order valence-electron chi connectivity index (χ3n) is 6.55. The molecule has 0 heterocycles. The molecule has 0 amide bonds. The second-order valence-corrected chi connectivity index (χ2v) is 8.91. The molecule has 0 aliphatic heterocycles. The van der Waals surface area contributed by atoms with E-state index in [0.29, 0.717) is 0 Å². The lowest BCUT2D eigenvalue weighted by molar-refractivity contribution is 0.916. The van der Waals surface area contributed by atoms with Gasteiger partial charge >= 0.3 is 0 Å². The summed E-state index contributed by atoms with van der Waals surface area (Å²) >= 11 is 0. The van der Waals surface area contributed by atoms with Gasteiger partial charge in [0.1, 0.15) is 0 Å². The van der Waals surface area contributed by atoms with Crippen molar-refractivity contribution < 1.29 is 0 Å². The molecule has 156 valence electrons. The predicted octanol–water partition coefficient (Wildman–Crippen LogP) is 8.96. The Morgan fingerprint density at radius 1 is 0.400 bits per heavy atom. The van der Waals surface area contributed by atoms with Crippen LogP contribution in [-0.4, -0.2) is 0 Å². The molecule has 0 aromatic heterocycles. The van der Waals surface area contributed by atoms with Crippen molar-refractivity contribution in [3.05, 3.63) is 70.8 Å². The molecular formula is C30H36. The normalized spacial score (nSPS) is 11.7. The zero-order chi connectivity index (χ0) is 21.1. The van der Waals surface area contributed by atoms with Gasteiger partial charge in [-0.15, -0.1) is 0 Å². The van der Waals surface area contributed by atoms with Gasteiger partial charge in [0.15, 0.2) is 0 Å². The van der Waals surface area contributed by atoms with Gasteiger partial charge in [0.05, 0.1) is 0 Å². The molecule has 0 N–H and O–H groups in total. The molecule has 4 aromatic carbocycles. The molecule has 0 atom stereocenters. The van der Waals surface area contributed by atoms with E-state index in [-0.39, 0.29) is 0 Å². The van der Waals surface area contributed by atoms with Crippen LogP contribution in [0.3, 0.4) is 0 Å². The van der Waals surface area contributed by atoms with Crippen molar-refractivity contribution >= 4 is 32.3 Å². The summed E-state index contributed by atoms with van der Waals surface area (Å²) in [7, 11) is 0. The molecule has 0 aliphatic carbocycles. The zero-order valence-corrected chi connectivity index (χ0v) is 19.3. The molecule has 0 saturated carbocycles. The van der Waals surface area contributed by atoms with E-state index in [9.17, 15) is 0 Å². The van der Waals surface area contributed by atoms with Crippen LogP contribution in [0.5, 0.6) is 0 Å². The molecule has 0 unspecified atom stereocenters. The highest BCUT2D eigenvalue weighted by atomic mass is 14.2. The van der Waals surface area contributed by atoms with Gasteiger partial charge < -0.3 is 0 Å². The zero-order valence-electron chi connectivity index (χ0n) is 19.3. The number of benzene rings is 4. The number of hydrogen-bond donors (Lipinski definition) is 0. The van der Waals surface area contributed by atoms with Gasteiger partial charge in [-0.1, -0.05) is 77.6 Å². The monoisotopic (exact) mass is 396 g/mol. The van der Waals surface area contributed by atoms with Crippen LogP contribution in [0.25, 0.3) is 32.3 Å². The van der Waals surface area contributed by atoms with Crippen LogP contribution in [0, 0.1) is 0 Å². The Bertz CT molecular complexity index is 995. The third-order valence-corrected chi connectivity index (χ3v) is 6.55. The minimum atomic E-state index is 1.16. The number of rotatable bonds is 8. The van der Waals surface area contributed by atoms with Crippen LogP contribution in [0.2, 0.25) is 0 Å². The molecule has 0 radical (unpaired) electrons. The SMILES string of the molecule is CCCc1ccc(CCC)c2cc3cc4c(CCC)ccc(CCC)c4cc3cc12. The Morgan fingerprint density at radius 2 is 0.633 bits per heavy atom. The average Bonchev–Trinajstić information content (AvgIpc) is 2.75. The molecule has 30 heavy (non-hydrogen) atoms. The molecule has 0 aliphatic rings. The number of hydrogen-bond acceptors (Lipinski definition) is 0. The van der Waals surface area contributed by atoms with E-state index in [0.717, 1.165) is 25.7 Å².